The van der Waals surface area contributed by atoms with Crippen molar-refractivity contribution < 1.29 is 27.6 Å². The van der Waals surface area contributed by atoms with Gasteiger partial charge in [-0.05, 0) is 12.6 Å². The molecule has 0 aliphatic heterocycles. The fourth-order valence-electron chi connectivity index (χ4n) is 1.75. The maximum absolute atomic E-state index is 12.1. The van der Waals surface area contributed by atoms with Crippen LogP contribution in [0.15, 0.2) is 34.9 Å². The summed E-state index contributed by atoms with van der Waals surface area (Å²) < 4.78 is 38.1. The molecule has 9 heteroatoms. The van der Waals surface area contributed by atoms with E-state index in [-0.39, 0.29) is 12.8 Å². The Balaban J connectivity index is 0.000000772. The van der Waals surface area contributed by atoms with Crippen LogP contribution < -0.4 is 5.73 Å². The molecule has 6 nitrogen and oxygen atoms in total. The second kappa shape index (κ2) is 13.6. The fraction of sp³-hybridized carbons (Fsp3) is 0.353. The number of nitrogens with zero attached hydrogens (tertiary/aromatic N) is 2. The lowest BCUT2D eigenvalue weighted by atomic mass is 10.0. The minimum Gasteiger partial charge on any atom is -0.388 e. The summed E-state index contributed by atoms with van der Waals surface area (Å²) in [6.07, 6.45) is -3.71. The maximum atomic E-state index is 12.1. The van der Waals surface area contributed by atoms with Gasteiger partial charge in [0.05, 0.1) is 31.0 Å². The Kier molecular flexibility index (Phi) is 12.2. The third-order valence-electron chi connectivity index (χ3n) is 2.88. The molecular formula is C17H20F3N3O3. The van der Waals surface area contributed by atoms with Crippen molar-refractivity contribution >= 4 is 6.29 Å². The number of alkyl halides is 3. The molecule has 1 heterocycles. The summed E-state index contributed by atoms with van der Waals surface area (Å²) in [5.41, 5.74) is 6.55. The van der Waals surface area contributed by atoms with Gasteiger partial charge in [-0.3, -0.25) is 9.18 Å². The van der Waals surface area contributed by atoms with Gasteiger partial charge in [-0.2, -0.15) is 5.26 Å². The monoisotopic (exact) mass is 371 g/mol. The van der Waals surface area contributed by atoms with Crippen LogP contribution in [0.5, 0.6) is 0 Å². The molecule has 0 saturated carbocycles. The van der Waals surface area contributed by atoms with E-state index in [0.29, 0.717) is 17.0 Å². The largest absolute Gasteiger partial charge is 0.388 e. The summed E-state index contributed by atoms with van der Waals surface area (Å²) in [5.74, 6) is 0.566. The molecule has 0 aliphatic carbocycles. The number of aliphatic hydroxyl groups is 1. The van der Waals surface area contributed by atoms with Crippen LogP contribution in [0, 0.1) is 11.3 Å². The van der Waals surface area contributed by atoms with Crippen molar-refractivity contribution in [3.8, 4) is 17.4 Å². The van der Waals surface area contributed by atoms with Crippen LogP contribution in [0.25, 0.3) is 11.3 Å². The predicted octanol–water partition coefficient (Wildman–Crippen LogP) is 2.83. The normalized spacial score (nSPS) is 10.7. The number of nitriles is 1. The third-order valence-corrected chi connectivity index (χ3v) is 2.88. The van der Waals surface area contributed by atoms with E-state index in [1.165, 1.54) is 7.05 Å². The number of carbonyl (C=O) groups excluding carboxylic acids is 1. The number of aromatic nitrogens is 1. The van der Waals surface area contributed by atoms with Gasteiger partial charge in [-0.25, -0.2) is 8.78 Å². The minimum absolute atomic E-state index is 0.0912. The van der Waals surface area contributed by atoms with Crippen molar-refractivity contribution in [2.75, 3.05) is 13.7 Å². The van der Waals surface area contributed by atoms with Gasteiger partial charge in [0.2, 0.25) is 0 Å². The number of carbonyl (C=O) groups is 1. The van der Waals surface area contributed by atoms with E-state index in [2.05, 4.69) is 10.9 Å². The summed E-state index contributed by atoms with van der Waals surface area (Å²) in [4.78, 5) is 8.75. The van der Waals surface area contributed by atoms with Gasteiger partial charge >= 0.3 is 0 Å². The average Bonchev–Trinajstić information content (AvgIpc) is 3.13. The number of hydrogen-bond acceptors (Lipinski definition) is 6. The zero-order chi connectivity index (χ0) is 19.9. The average molecular weight is 371 g/mol. The highest BCUT2D eigenvalue weighted by atomic mass is 19.3. The lowest BCUT2D eigenvalue weighted by molar-refractivity contribution is -0.116. The standard InChI is InChI=1S/C14H13FN2O2.C2H2F2O.CH5N/c15-7-5-13(18)10-1-3-11(4-2-10)14-9-12(6-8-16)17-19-14;3-2(4)1-5;1-2/h1-4,9,13,18H,5-7H2;1-2H;2H2,1H3. The minimum atomic E-state index is -2.80. The van der Waals surface area contributed by atoms with E-state index in [1.54, 1.807) is 30.3 Å². The zero-order valence-corrected chi connectivity index (χ0v) is 14.1. The number of aldehydes is 1. The van der Waals surface area contributed by atoms with Gasteiger partial charge in [0.25, 0.3) is 6.43 Å². The van der Waals surface area contributed by atoms with Crippen LogP contribution in [-0.4, -0.2) is 36.7 Å². The molecule has 2 aromatic rings. The Bertz CT molecular complexity index is 670. The number of rotatable bonds is 6. The molecule has 1 unspecified atom stereocenters. The first-order valence-corrected chi connectivity index (χ1v) is 7.49. The van der Waals surface area contributed by atoms with Crippen LogP contribution >= 0.6 is 0 Å². The van der Waals surface area contributed by atoms with Crippen LogP contribution in [0.2, 0.25) is 0 Å². The van der Waals surface area contributed by atoms with Gasteiger partial charge in [-0.1, -0.05) is 29.4 Å². The first-order valence-electron chi connectivity index (χ1n) is 7.49. The molecule has 2 rings (SSSR count). The van der Waals surface area contributed by atoms with Crippen LogP contribution in [0.4, 0.5) is 13.2 Å². The molecular weight excluding hydrogens is 351 g/mol. The Hall–Kier alpha value is -2.70. The van der Waals surface area contributed by atoms with E-state index >= 15 is 0 Å². The van der Waals surface area contributed by atoms with E-state index < -0.39 is 25.5 Å². The molecule has 0 aliphatic rings. The van der Waals surface area contributed by atoms with Crippen molar-refractivity contribution in [3.63, 3.8) is 0 Å². The van der Waals surface area contributed by atoms with Gasteiger partial charge < -0.3 is 15.4 Å². The molecule has 0 spiro atoms. The molecule has 0 bridgehead atoms. The topological polar surface area (TPSA) is 113 Å². The van der Waals surface area contributed by atoms with E-state index in [0.717, 1.165) is 5.56 Å². The van der Waals surface area contributed by atoms with E-state index in [9.17, 15) is 18.3 Å². The summed E-state index contributed by atoms with van der Waals surface area (Å²) in [6.45, 7) is -0.553. The number of aliphatic hydroxyl groups excluding tert-OH is 1. The van der Waals surface area contributed by atoms with Gasteiger partial charge in [0.1, 0.15) is 0 Å². The quantitative estimate of drug-likeness (QED) is 0.755. The second-order valence-corrected chi connectivity index (χ2v) is 4.60. The van der Waals surface area contributed by atoms with Crippen molar-refractivity contribution in [3.05, 3.63) is 41.6 Å². The number of nitrogens with two attached hydrogens (primary N) is 1. The summed E-state index contributed by atoms with van der Waals surface area (Å²) in [6, 6.07) is 10.7. The number of hydrogen-bond donors (Lipinski definition) is 2. The number of benzene rings is 1. The Labute approximate surface area is 149 Å². The first-order chi connectivity index (χ1) is 12.5. The number of halogens is 3. The van der Waals surface area contributed by atoms with Crippen molar-refractivity contribution in [1.82, 2.24) is 5.16 Å². The lowest BCUT2D eigenvalue weighted by Gasteiger charge is -2.08. The maximum Gasteiger partial charge on any atom is 0.293 e. The highest BCUT2D eigenvalue weighted by Crippen LogP contribution is 2.24. The predicted molar refractivity (Wildman–Crippen MR) is 89.0 cm³/mol. The highest BCUT2D eigenvalue weighted by molar-refractivity contribution is 5.58. The van der Waals surface area contributed by atoms with E-state index in [4.69, 9.17) is 14.6 Å². The van der Waals surface area contributed by atoms with Crippen molar-refractivity contribution in [2.45, 2.75) is 25.4 Å². The molecule has 0 fully saturated rings. The molecule has 3 N–H and O–H groups in total. The molecule has 26 heavy (non-hydrogen) atoms. The van der Waals surface area contributed by atoms with Gasteiger partial charge in [0, 0.05) is 18.1 Å². The molecule has 1 aromatic heterocycles. The Morgan fingerprint density at radius 3 is 2.38 bits per heavy atom. The lowest BCUT2D eigenvalue weighted by Crippen LogP contribution is -1.97. The summed E-state index contributed by atoms with van der Waals surface area (Å²) >= 11 is 0. The zero-order valence-electron chi connectivity index (χ0n) is 14.1. The molecule has 0 amide bonds. The summed E-state index contributed by atoms with van der Waals surface area (Å²) in [5, 5.41) is 22.0. The van der Waals surface area contributed by atoms with Crippen LogP contribution in [0.1, 0.15) is 23.8 Å². The van der Waals surface area contributed by atoms with Gasteiger partial charge in [-0.15, -0.1) is 0 Å². The van der Waals surface area contributed by atoms with E-state index in [1.807, 2.05) is 6.07 Å². The molecule has 1 aromatic carbocycles. The highest BCUT2D eigenvalue weighted by Gasteiger charge is 2.10. The van der Waals surface area contributed by atoms with Crippen molar-refractivity contribution in [1.29, 1.82) is 5.26 Å². The molecule has 0 saturated heterocycles. The third kappa shape index (κ3) is 8.41. The molecule has 0 radical (unpaired) electrons. The van der Waals surface area contributed by atoms with Crippen LogP contribution in [0.3, 0.4) is 0 Å². The second-order valence-electron chi connectivity index (χ2n) is 4.60. The Morgan fingerprint density at radius 1 is 1.35 bits per heavy atom. The van der Waals surface area contributed by atoms with Crippen LogP contribution in [-0.2, 0) is 11.2 Å². The van der Waals surface area contributed by atoms with Crippen molar-refractivity contribution in [2.24, 2.45) is 5.73 Å². The molecule has 1 atom stereocenters. The Morgan fingerprint density at radius 2 is 1.92 bits per heavy atom. The SMILES string of the molecule is CN.N#CCc1cc(-c2ccc(C(O)CCF)cc2)on1.O=CC(F)F. The van der Waals surface area contributed by atoms with Gasteiger partial charge in [0.15, 0.2) is 12.0 Å². The fourth-order valence-corrected chi connectivity index (χ4v) is 1.75. The summed E-state index contributed by atoms with van der Waals surface area (Å²) in [7, 11) is 1.50. The first kappa shape index (κ1) is 23.3. The smallest absolute Gasteiger partial charge is 0.293 e. The molecule has 142 valence electrons.